The minimum absolute atomic E-state index is 0.0339. The van der Waals surface area contributed by atoms with E-state index in [9.17, 15) is 0 Å². The van der Waals surface area contributed by atoms with Gasteiger partial charge in [-0.2, -0.15) is 13.2 Å². The maximum Gasteiger partial charge on any atom is 0.417 e. The Hall–Kier alpha value is -11.0. The minimum atomic E-state index is -4.85. The van der Waals surface area contributed by atoms with Crippen LogP contribution in [0.25, 0.3) is 145 Å². The van der Waals surface area contributed by atoms with Crippen LogP contribution in [0.2, 0.25) is 0 Å². The smallest absolute Gasteiger partial charge is 0.309 e. The van der Waals surface area contributed by atoms with Crippen LogP contribution in [0.1, 0.15) is 5.56 Å². The van der Waals surface area contributed by atoms with Crippen molar-refractivity contribution in [3.8, 4) is 101 Å². The summed E-state index contributed by atoms with van der Waals surface area (Å²) < 4.78 is 54.9. The second kappa shape index (κ2) is 20.5. The third-order valence-corrected chi connectivity index (χ3v) is 16.0. The quantitative estimate of drug-likeness (QED) is 0.137. The molecule has 8 heteroatoms. The monoisotopic (exact) mass is 1090 g/mol. The first-order chi connectivity index (χ1) is 41.3. The van der Waals surface area contributed by atoms with Crippen LogP contribution < -0.4 is 0 Å². The van der Waals surface area contributed by atoms with Crippen molar-refractivity contribution in [2.45, 2.75) is 6.18 Å². The number of alkyl halides is 3. The van der Waals surface area contributed by atoms with E-state index in [0.717, 1.165) is 99.2 Å². The third-order valence-electron chi connectivity index (χ3n) is 16.0. The molecule has 5 nitrogen and oxygen atoms in total. The topological polar surface area (TPSA) is 48.5 Å². The van der Waals surface area contributed by atoms with Crippen LogP contribution in [0, 0.1) is 0 Å². The average Bonchev–Trinajstić information content (AvgIpc) is 1.64. The van der Waals surface area contributed by atoms with Gasteiger partial charge in [-0.3, -0.25) is 0 Å². The van der Waals surface area contributed by atoms with E-state index >= 15 is 13.2 Å². The van der Waals surface area contributed by atoms with E-state index in [0.29, 0.717) is 34.2 Å². The van der Waals surface area contributed by atoms with Gasteiger partial charge in [-0.25, -0.2) is 15.0 Å². The fraction of sp³-hybridized carbons (Fsp3) is 0.0132. The number of aromatic nitrogens is 5. The maximum atomic E-state index is 16.9. The highest BCUT2D eigenvalue weighted by Crippen LogP contribution is 2.50. The van der Waals surface area contributed by atoms with Crippen molar-refractivity contribution in [2.24, 2.45) is 0 Å². The summed E-state index contributed by atoms with van der Waals surface area (Å²) in [7, 11) is 0. The summed E-state index contributed by atoms with van der Waals surface area (Å²) >= 11 is 0. The molecule has 3 heterocycles. The molecule has 3 aromatic heterocycles. The van der Waals surface area contributed by atoms with Gasteiger partial charge in [0.2, 0.25) is 0 Å². The Balaban J connectivity index is 1.09. The zero-order valence-electron chi connectivity index (χ0n) is 45.1. The average molecular weight is 1090 g/mol. The molecule has 0 radical (unpaired) electrons. The van der Waals surface area contributed by atoms with E-state index in [2.05, 4.69) is 114 Å². The molecular formula is C76H48F3N5. The lowest BCUT2D eigenvalue weighted by molar-refractivity contribution is -0.137. The maximum absolute atomic E-state index is 16.9. The van der Waals surface area contributed by atoms with Crippen molar-refractivity contribution in [2.75, 3.05) is 0 Å². The summed E-state index contributed by atoms with van der Waals surface area (Å²) in [5, 5.41) is 3.66. The van der Waals surface area contributed by atoms with Gasteiger partial charge in [0.25, 0.3) is 0 Å². The van der Waals surface area contributed by atoms with Gasteiger partial charge < -0.3 is 9.13 Å². The molecule has 398 valence electrons. The lowest BCUT2D eigenvalue weighted by Gasteiger charge is -2.24. The molecule has 12 aromatic carbocycles. The molecule has 0 fully saturated rings. The highest BCUT2D eigenvalue weighted by atomic mass is 19.4. The zero-order valence-corrected chi connectivity index (χ0v) is 45.1. The number of fused-ring (bicyclic) bond motifs is 6. The van der Waals surface area contributed by atoms with E-state index in [1.165, 1.54) is 12.1 Å². The van der Waals surface area contributed by atoms with E-state index < -0.39 is 11.7 Å². The number of halogens is 3. The van der Waals surface area contributed by atoms with E-state index in [4.69, 9.17) is 15.0 Å². The molecule has 0 aliphatic heterocycles. The molecule has 15 rings (SSSR count). The first-order valence-corrected chi connectivity index (χ1v) is 27.9. The van der Waals surface area contributed by atoms with Crippen LogP contribution in [-0.2, 0) is 6.18 Å². The Kier molecular flexibility index (Phi) is 12.2. The number of rotatable bonds is 10. The van der Waals surface area contributed by atoms with Gasteiger partial charge in [-0.05, 0) is 111 Å². The Morgan fingerprint density at radius 3 is 0.881 bits per heavy atom. The third kappa shape index (κ3) is 8.80. The largest absolute Gasteiger partial charge is 0.417 e. The molecule has 15 aromatic rings. The van der Waals surface area contributed by atoms with Crippen LogP contribution in [0.4, 0.5) is 13.2 Å². The highest BCUT2D eigenvalue weighted by molar-refractivity contribution is 6.14. The summed E-state index contributed by atoms with van der Waals surface area (Å²) in [4.78, 5) is 15.6. The van der Waals surface area contributed by atoms with Crippen LogP contribution >= 0.6 is 0 Å². The standard InChI is InChI=1S/C76H48F3N5/c77-76(78,79)64-34-20-36-70(84-67-43-39-57(51-25-11-3-12-26-51)47-62(67)63-48-58(40-44-68(63)84)52-27-13-4-14-28-52)72(64)71-59(75-81-73(53-29-15-5-16-30-53)80-74(82-75)54-31-17-6-18-32-54)33-19-35-69(71)83-65-41-37-55(49-21-7-1-8-22-49)45-60(65)61-46-56(38-42-66(61)83)50-23-9-2-10-24-50/h1-48H. The number of hydrogen-bond acceptors (Lipinski definition) is 3. The van der Waals surface area contributed by atoms with Crippen molar-refractivity contribution in [1.29, 1.82) is 0 Å². The van der Waals surface area contributed by atoms with Crippen molar-refractivity contribution in [1.82, 2.24) is 24.1 Å². The van der Waals surface area contributed by atoms with Gasteiger partial charge in [0.05, 0.1) is 39.0 Å². The van der Waals surface area contributed by atoms with Crippen LogP contribution in [0.5, 0.6) is 0 Å². The van der Waals surface area contributed by atoms with Crippen molar-refractivity contribution in [3.05, 3.63) is 297 Å². The van der Waals surface area contributed by atoms with E-state index in [1.807, 2.05) is 174 Å². The molecule has 0 spiro atoms. The lowest BCUT2D eigenvalue weighted by atomic mass is 9.90. The number of benzene rings is 12. The number of nitrogens with zero attached hydrogens (tertiary/aromatic N) is 5. The summed E-state index contributed by atoms with van der Waals surface area (Å²) in [5.41, 5.74) is 13.4. The molecule has 0 unspecified atom stereocenters. The fourth-order valence-corrected chi connectivity index (χ4v) is 12.1. The predicted octanol–water partition coefficient (Wildman–Crippen LogP) is 20.4. The van der Waals surface area contributed by atoms with E-state index in [1.54, 1.807) is 0 Å². The van der Waals surface area contributed by atoms with Gasteiger partial charge in [-0.1, -0.05) is 224 Å². The second-order valence-electron chi connectivity index (χ2n) is 21.0. The summed E-state index contributed by atoms with van der Waals surface area (Å²) in [5.74, 6) is 0.970. The van der Waals surface area contributed by atoms with Crippen molar-refractivity contribution >= 4 is 43.6 Å². The van der Waals surface area contributed by atoms with E-state index in [-0.39, 0.29) is 11.4 Å². The van der Waals surface area contributed by atoms with Gasteiger partial charge >= 0.3 is 6.18 Å². The molecule has 0 saturated heterocycles. The molecule has 84 heavy (non-hydrogen) atoms. The fourth-order valence-electron chi connectivity index (χ4n) is 12.1. The predicted molar refractivity (Wildman–Crippen MR) is 337 cm³/mol. The Morgan fingerprint density at radius 1 is 0.250 bits per heavy atom. The Labute approximate surface area is 482 Å². The summed E-state index contributed by atoms with van der Waals surface area (Å²) in [6.07, 6.45) is -4.85. The molecular weight excluding hydrogens is 1040 g/mol. The molecule has 0 N–H and O–H groups in total. The van der Waals surface area contributed by atoms with Gasteiger partial charge in [0.15, 0.2) is 17.5 Å². The van der Waals surface area contributed by atoms with Crippen LogP contribution in [-0.4, -0.2) is 24.1 Å². The lowest BCUT2D eigenvalue weighted by Crippen LogP contribution is -2.12. The SMILES string of the molecule is FC(F)(F)c1cccc(-n2c3ccc(-c4ccccc4)cc3c3cc(-c4ccccc4)ccc32)c1-c1c(-c2nc(-c3ccccc3)nc(-c3ccccc3)n2)cccc1-n1c2ccc(-c3ccccc3)cc2c2cc(-c3ccccc3)ccc21. The summed E-state index contributed by atoms with van der Waals surface area (Å²) in [6, 6.07) is 95.7. The molecule has 0 saturated carbocycles. The minimum Gasteiger partial charge on any atom is -0.309 e. The molecule has 0 atom stereocenters. The van der Waals surface area contributed by atoms with Crippen LogP contribution in [0.15, 0.2) is 291 Å². The van der Waals surface area contributed by atoms with Crippen molar-refractivity contribution in [3.63, 3.8) is 0 Å². The molecule has 0 aliphatic rings. The van der Waals surface area contributed by atoms with Crippen LogP contribution in [0.3, 0.4) is 0 Å². The normalized spacial score (nSPS) is 11.8. The van der Waals surface area contributed by atoms with Gasteiger partial charge in [0.1, 0.15) is 0 Å². The molecule has 0 amide bonds. The first kappa shape index (κ1) is 50.0. The zero-order chi connectivity index (χ0) is 56.3. The molecule has 0 bridgehead atoms. The van der Waals surface area contributed by atoms with Gasteiger partial charge in [-0.15, -0.1) is 0 Å². The Bertz CT molecular complexity index is 4710. The second-order valence-corrected chi connectivity index (χ2v) is 21.0. The highest BCUT2D eigenvalue weighted by Gasteiger charge is 2.38. The summed E-state index contributed by atoms with van der Waals surface area (Å²) in [6.45, 7) is 0. The molecule has 0 aliphatic carbocycles. The number of hydrogen-bond donors (Lipinski definition) is 0. The first-order valence-electron chi connectivity index (χ1n) is 27.9. The van der Waals surface area contributed by atoms with Crippen molar-refractivity contribution < 1.29 is 13.2 Å². The Morgan fingerprint density at radius 2 is 0.548 bits per heavy atom. The van der Waals surface area contributed by atoms with Gasteiger partial charge in [0, 0.05) is 49.4 Å².